The highest BCUT2D eigenvalue weighted by Gasteiger charge is 2.49. The number of hydrogen-bond acceptors (Lipinski definition) is 4. The Balaban J connectivity index is 1.11. The van der Waals surface area contributed by atoms with Gasteiger partial charge in [0.05, 0.1) is 0 Å². The minimum atomic E-state index is -1.12. The summed E-state index contributed by atoms with van der Waals surface area (Å²) in [5.74, 6) is -1.42. The fourth-order valence-corrected chi connectivity index (χ4v) is 5.36. The highest BCUT2D eigenvalue weighted by atomic mass is 16.5. The molecule has 3 aliphatic carbocycles. The molecule has 0 bridgehead atoms. The summed E-state index contributed by atoms with van der Waals surface area (Å²) in [5, 5.41) is 15.1. The Morgan fingerprint density at radius 2 is 1.58 bits per heavy atom. The molecule has 2 fully saturated rings. The summed E-state index contributed by atoms with van der Waals surface area (Å²) in [6.07, 6.45) is 2.72. The molecule has 0 unspecified atom stereocenters. The van der Waals surface area contributed by atoms with Crippen LogP contribution < -0.4 is 10.6 Å². The topological polar surface area (TPSA) is 105 Å². The summed E-state index contributed by atoms with van der Waals surface area (Å²) >= 11 is 0. The second-order valence-electron chi connectivity index (χ2n) is 9.39. The first-order valence-electron chi connectivity index (χ1n) is 11.6. The van der Waals surface area contributed by atoms with Gasteiger partial charge in [-0.1, -0.05) is 61.4 Å². The van der Waals surface area contributed by atoms with Crippen molar-refractivity contribution in [2.24, 2.45) is 11.8 Å². The Kier molecular flexibility index (Phi) is 5.56. The number of amides is 2. The summed E-state index contributed by atoms with van der Waals surface area (Å²) in [6.45, 7) is 0.588. The third kappa shape index (κ3) is 4.08. The van der Waals surface area contributed by atoms with Gasteiger partial charge in [0.2, 0.25) is 5.91 Å². The maximum absolute atomic E-state index is 12.5. The number of ether oxygens (including phenoxy) is 1. The van der Waals surface area contributed by atoms with E-state index in [0.717, 1.165) is 24.0 Å². The monoisotopic (exact) mass is 448 g/mol. The van der Waals surface area contributed by atoms with Crippen LogP contribution in [0.4, 0.5) is 4.79 Å². The molecule has 33 heavy (non-hydrogen) atoms. The predicted octanol–water partition coefficient (Wildman–Crippen LogP) is 3.67. The van der Waals surface area contributed by atoms with Crippen molar-refractivity contribution < 1.29 is 24.2 Å². The van der Waals surface area contributed by atoms with Crippen LogP contribution in [-0.2, 0) is 14.3 Å². The van der Waals surface area contributed by atoms with Gasteiger partial charge in [-0.2, -0.15) is 0 Å². The quantitative estimate of drug-likeness (QED) is 0.599. The van der Waals surface area contributed by atoms with E-state index in [4.69, 9.17) is 4.74 Å². The summed E-state index contributed by atoms with van der Waals surface area (Å²) in [7, 11) is 0. The van der Waals surface area contributed by atoms with Gasteiger partial charge in [-0.05, 0) is 47.4 Å². The minimum Gasteiger partial charge on any atom is -0.480 e. The van der Waals surface area contributed by atoms with Crippen LogP contribution in [0.1, 0.15) is 49.1 Å². The van der Waals surface area contributed by atoms with Crippen LogP contribution in [0.5, 0.6) is 0 Å². The molecule has 5 rings (SSSR count). The molecule has 0 spiro atoms. The van der Waals surface area contributed by atoms with Crippen molar-refractivity contribution in [2.75, 3.05) is 13.2 Å². The van der Waals surface area contributed by atoms with Gasteiger partial charge in [-0.25, -0.2) is 9.59 Å². The van der Waals surface area contributed by atoms with Crippen LogP contribution in [0.25, 0.3) is 11.1 Å². The number of hydrogen-bond donors (Lipinski definition) is 3. The van der Waals surface area contributed by atoms with Crippen LogP contribution in [0, 0.1) is 11.8 Å². The molecule has 2 saturated carbocycles. The van der Waals surface area contributed by atoms with E-state index in [1.807, 2.05) is 24.3 Å². The maximum atomic E-state index is 12.5. The van der Waals surface area contributed by atoms with Crippen molar-refractivity contribution in [3.05, 3.63) is 59.7 Å². The van der Waals surface area contributed by atoms with Gasteiger partial charge in [0.15, 0.2) is 0 Å². The number of carbonyl (C=O) groups is 3. The Morgan fingerprint density at radius 3 is 2.18 bits per heavy atom. The van der Waals surface area contributed by atoms with Gasteiger partial charge in [-0.3, -0.25) is 4.79 Å². The number of aliphatic carboxylic acids is 1. The lowest BCUT2D eigenvalue weighted by molar-refractivity contribution is -0.147. The highest BCUT2D eigenvalue weighted by molar-refractivity contribution is 5.89. The van der Waals surface area contributed by atoms with Crippen LogP contribution in [0.15, 0.2) is 48.5 Å². The normalized spacial score (nSPS) is 22.2. The SMILES string of the molecule is O=C(NC[C@H]1C[C@H]1C(=O)NC1(C(=O)O)CCCC1)OCC1c2ccccc2-c2ccccc21. The van der Waals surface area contributed by atoms with Crippen molar-refractivity contribution >= 4 is 18.0 Å². The van der Waals surface area contributed by atoms with E-state index in [9.17, 15) is 19.5 Å². The second-order valence-corrected chi connectivity index (χ2v) is 9.39. The van der Waals surface area contributed by atoms with E-state index in [2.05, 4.69) is 34.9 Å². The second kappa shape index (κ2) is 8.54. The minimum absolute atomic E-state index is 0.00113. The summed E-state index contributed by atoms with van der Waals surface area (Å²) in [4.78, 5) is 36.5. The Morgan fingerprint density at radius 1 is 0.970 bits per heavy atom. The molecule has 0 aliphatic heterocycles. The van der Waals surface area contributed by atoms with Gasteiger partial charge in [-0.15, -0.1) is 0 Å². The molecule has 3 N–H and O–H groups in total. The molecule has 0 heterocycles. The lowest BCUT2D eigenvalue weighted by Gasteiger charge is -2.25. The number of benzene rings is 2. The predicted molar refractivity (Wildman–Crippen MR) is 122 cm³/mol. The summed E-state index contributed by atoms with van der Waals surface area (Å²) in [6, 6.07) is 16.3. The van der Waals surface area contributed by atoms with Crippen molar-refractivity contribution in [1.29, 1.82) is 0 Å². The number of rotatable bonds is 7. The highest BCUT2D eigenvalue weighted by Crippen LogP contribution is 2.44. The third-order valence-electron chi connectivity index (χ3n) is 7.34. The molecule has 2 amide bonds. The summed E-state index contributed by atoms with van der Waals surface area (Å²) < 4.78 is 5.54. The van der Waals surface area contributed by atoms with E-state index in [0.29, 0.717) is 25.8 Å². The van der Waals surface area contributed by atoms with Gasteiger partial charge in [0.1, 0.15) is 12.1 Å². The summed E-state index contributed by atoms with van der Waals surface area (Å²) in [5.41, 5.74) is 3.55. The van der Waals surface area contributed by atoms with E-state index in [-0.39, 0.29) is 30.3 Å². The van der Waals surface area contributed by atoms with Crippen LogP contribution in [-0.4, -0.2) is 41.8 Å². The first kappa shape index (κ1) is 21.5. The largest absolute Gasteiger partial charge is 0.480 e. The van der Waals surface area contributed by atoms with Crippen LogP contribution >= 0.6 is 0 Å². The molecule has 172 valence electrons. The molecule has 0 aromatic heterocycles. The van der Waals surface area contributed by atoms with Crippen LogP contribution in [0.3, 0.4) is 0 Å². The van der Waals surface area contributed by atoms with E-state index >= 15 is 0 Å². The van der Waals surface area contributed by atoms with Crippen molar-refractivity contribution in [2.45, 2.75) is 43.6 Å². The maximum Gasteiger partial charge on any atom is 0.407 e. The molecule has 2 aromatic carbocycles. The molecule has 7 heteroatoms. The molecule has 2 atom stereocenters. The smallest absolute Gasteiger partial charge is 0.407 e. The molecule has 7 nitrogen and oxygen atoms in total. The molecule has 0 radical (unpaired) electrons. The number of carboxylic acids is 1. The van der Waals surface area contributed by atoms with Crippen molar-refractivity contribution in [3.63, 3.8) is 0 Å². The molecular weight excluding hydrogens is 420 g/mol. The van der Waals surface area contributed by atoms with Gasteiger partial charge in [0.25, 0.3) is 0 Å². The zero-order valence-corrected chi connectivity index (χ0v) is 18.4. The number of nitrogens with one attached hydrogen (secondary N) is 2. The first-order chi connectivity index (χ1) is 16.0. The van der Waals surface area contributed by atoms with E-state index in [1.54, 1.807) is 0 Å². The van der Waals surface area contributed by atoms with E-state index in [1.165, 1.54) is 11.1 Å². The average molecular weight is 449 g/mol. The number of fused-ring (bicyclic) bond motifs is 3. The number of alkyl carbamates (subject to hydrolysis) is 1. The fraction of sp³-hybridized carbons (Fsp3) is 0.423. The molecule has 3 aliphatic rings. The Hall–Kier alpha value is -3.35. The zero-order valence-electron chi connectivity index (χ0n) is 18.4. The van der Waals surface area contributed by atoms with Crippen molar-refractivity contribution in [3.8, 4) is 11.1 Å². The van der Waals surface area contributed by atoms with Gasteiger partial charge >= 0.3 is 12.1 Å². The van der Waals surface area contributed by atoms with Crippen molar-refractivity contribution in [1.82, 2.24) is 10.6 Å². The zero-order chi connectivity index (χ0) is 23.0. The standard InChI is InChI=1S/C26H28N2O5/c29-23(28-26(24(30)31)11-5-6-12-26)21-13-16(21)14-27-25(32)33-15-22-19-9-3-1-7-17(19)18-8-2-4-10-20(18)22/h1-4,7-10,16,21-22H,5-6,11-15H2,(H,27,32)(H,28,29)(H,30,31)/t16-,21-/m1/s1. The molecule has 0 saturated heterocycles. The van der Waals surface area contributed by atoms with Crippen LogP contribution in [0.2, 0.25) is 0 Å². The number of carboxylic acid groups (broad SMARTS) is 1. The first-order valence-corrected chi connectivity index (χ1v) is 11.6. The lowest BCUT2D eigenvalue weighted by atomic mass is 9.97. The van der Waals surface area contributed by atoms with Gasteiger partial charge in [0, 0.05) is 18.4 Å². The number of carbonyl (C=O) groups excluding carboxylic acids is 2. The molecular formula is C26H28N2O5. The molecule has 2 aromatic rings. The average Bonchev–Trinajstić information content (AvgIpc) is 3.33. The van der Waals surface area contributed by atoms with E-state index < -0.39 is 17.6 Å². The van der Waals surface area contributed by atoms with Gasteiger partial charge < -0.3 is 20.5 Å². The Bertz CT molecular complexity index is 1050. The third-order valence-corrected chi connectivity index (χ3v) is 7.34. The fourth-order valence-electron chi connectivity index (χ4n) is 5.36. The Labute approximate surface area is 192 Å². The lowest BCUT2D eigenvalue weighted by Crippen LogP contribution is -2.53.